The molecule has 2 heteroatoms. The molecule has 0 unspecified atom stereocenters. The Morgan fingerprint density at radius 1 is 0.786 bits per heavy atom. The Hall–Kier alpha value is -3.02. The summed E-state index contributed by atoms with van der Waals surface area (Å²) >= 11 is 0. The summed E-state index contributed by atoms with van der Waals surface area (Å²) in [4.78, 5) is 0. The van der Waals surface area contributed by atoms with Crippen molar-refractivity contribution in [1.29, 1.82) is 0 Å². The van der Waals surface area contributed by atoms with Crippen molar-refractivity contribution in [3.8, 4) is 28.7 Å². The molecule has 0 N–H and O–H groups in total. The zero-order valence-corrected chi connectivity index (χ0v) is 16.2. The third-order valence-electron chi connectivity index (χ3n) is 5.04. The quantitative estimate of drug-likeness (QED) is 0.404. The third kappa shape index (κ3) is 3.42. The highest BCUT2D eigenvalue weighted by Crippen LogP contribution is 2.49. The lowest BCUT2D eigenvalue weighted by Gasteiger charge is -2.27. The van der Waals surface area contributed by atoms with E-state index in [4.69, 9.17) is 9.47 Å². The molecule has 140 valence electrons. The minimum absolute atomic E-state index is 0.327. The molecule has 0 spiro atoms. The Kier molecular flexibility index (Phi) is 5.46. The van der Waals surface area contributed by atoms with E-state index in [0.717, 1.165) is 29.7 Å². The number of fused-ring (bicyclic) bond motifs is 3. The van der Waals surface area contributed by atoms with E-state index in [1.165, 1.54) is 11.1 Å². The van der Waals surface area contributed by atoms with Crippen LogP contribution in [0.2, 0.25) is 0 Å². The molecule has 28 heavy (non-hydrogen) atoms. The second kappa shape index (κ2) is 8.33. The van der Waals surface area contributed by atoms with Gasteiger partial charge in [-0.25, -0.2) is 0 Å². The van der Waals surface area contributed by atoms with Gasteiger partial charge in [-0.15, -0.1) is 0 Å². The van der Waals surface area contributed by atoms with Crippen LogP contribution in [0.25, 0.3) is 11.1 Å². The largest absolute Gasteiger partial charge is 0.481 e. The predicted octanol–water partition coefficient (Wildman–Crippen LogP) is 5.81. The van der Waals surface area contributed by atoms with E-state index >= 15 is 0 Å². The summed E-state index contributed by atoms with van der Waals surface area (Å²) in [5.41, 5.74) is 3.92. The van der Waals surface area contributed by atoms with E-state index < -0.39 is 5.60 Å². The molecule has 4 rings (SSSR count). The molecule has 0 amide bonds. The SMILES string of the molecule is CCCCOC1(C#CCOc2ccccc2)c2ccccc2-c2ccccc21. The molecule has 1 aliphatic rings. The first-order valence-electron chi connectivity index (χ1n) is 9.86. The molecule has 3 aromatic carbocycles. The third-order valence-corrected chi connectivity index (χ3v) is 5.04. The van der Waals surface area contributed by atoms with Gasteiger partial charge in [0.25, 0.3) is 0 Å². The molecular formula is C26H24O2. The van der Waals surface area contributed by atoms with Gasteiger partial charge in [0.05, 0.1) is 0 Å². The second-order valence-corrected chi connectivity index (χ2v) is 6.88. The van der Waals surface area contributed by atoms with Crippen molar-refractivity contribution in [2.45, 2.75) is 25.4 Å². The summed E-state index contributed by atoms with van der Waals surface area (Å²) < 4.78 is 12.3. The number of ether oxygens (including phenoxy) is 2. The molecule has 0 fully saturated rings. The van der Waals surface area contributed by atoms with Crippen LogP contribution >= 0.6 is 0 Å². The van der Waals surface area contributed by atoms with Gasteiger partial charge in [-0.2, -0.15) is 0 Å². The summed E-state index contributed by atoms with van der Waals surface area (Å²) in [7, 11) is 0. The lowest BCUT2D eigenvalue weighted by Crippen LogP contribution is -2.28. The fraction of sp³-hybridized carbons (Fsp3) is 0.231. The van der Waals surface area contributed by atoms with E-state index in [9.17, 15) is 0 Å². The molecule has 0 bridgehead atoms. The van der Waals surface area contributed by atoms with E-state index in [1.54, 1.807) is 0 Å². The lowest BCUT2D eigenvalue weighted by molar-refractivity contribution is 0.0277. The number of rotatable bonds is 6. The van der Waals surface area contributed by atoms with E-state index in [0.29, 0.717) is 13.2 Å². The lowest BCUT2D eigenvalue weighted by atomic mass is 9.91. The van der Waals surface area contributed by atoms with E-state index in [-0.39, 0.29) is 0 Å². The van der Waals surface area contributed by atoms with Crippen LogP contribution in [0.5, 0.6) is 5.75 Å². The van der Waals surface area contributed by atoms with Crippen LogP contribution in [0.4, 0.5) is 0 Å². The van der Waals surface area contributed by atoms with Crippen molar-refractivity contribution in [1.82, 2.24) is 0 Å². The summed E-state index contributed by atoms with van der Waals surface area (Å²) in [6.45, 7) is 3.17. The van der Waals surface area contributed by atoms with Crippen molar-refractivity contribution in [3.63, 3.8) is 0 Å². The number of unbranched alkanes of at least 4 members (excludes halogenated alkanes) is 1. The molecule has 0 aliphatic heterocycles. The molecule has 2 nitrogen and oxygen atoms in total. The Bertz CT molecular complexity index is 950. The molecule has 0 atom stereocenters. The predicted molar refractivity (Wildman–Crippen MR) is 113 cm³/mol. The Morgan fingerprint density at radius 2 is 1.39 bits per heavy atom. The first-order valence-corrected chi connectivity index (χ1v) is 9.86. The van der Waals surface area contributed by atoms with Crippen molar-refractivity contribution in [2.24, 2.45) is 0 Å². The zero-order valence-electron chi connectivity index (χ0n) is 16.2. The van der Waals surface area contributed by atoms with Crippen molar-refractivity contribution in [2.75, 3.05) is 13.2 Å². The van der Waals surface area contributed by atoms with Crippen LogP contribution in [-0.2, 0) is 10.3 Å². The topological polar surface area (TPSA) is 18.5 Å². The summed E-state index contributed by atoms with van der Waals surface area (Å²) in [5.74, 6) is 7.49. The van der Waals surface area contributed by atoms with Gasteiger partial charge in [0.2, 0.25) is 0 Å². The van der Waals surface area contributed by atoms with Crippen LogP contribution in [0.3, 0.4) is 0 Å². The average Bonchev–Trinajstić information content (AvgIpc) is 3.03. The molecule has 0 radical (unpaired) electrons. The molecule has 0 aromatic heterocycles. The van der Waals surface area contributed by atoms with Crippen LogP contribution < -0.4 is 4.74 Å². The van der Waals surface area contributed by atoms with Crippen LogP contribution in [-0.4, -0.2) is 13.2 Å². The van der Waals surface area contributed by atoms with Gasteiger partial charge in [-0.3, -0.25) is 0 Å². The van der Waals surface area contributed by atoms with Crippen molar-refractivity contribution in [3.05, 3.63) is 90.0 Å². The van der Waals surface area contributed by atoms with Gasteiger partial charge >= 0.3 is 0 Å². The first kappa shape index (κ1) is 18.3. The minimum atomic E-state index is -0.734. The van der Waals surface area contributed by atoms with Gasteiger partial charge in [-0.05, 0) is 29.7 Å². The standard InChI is InChI=1S/C26H24O2/c1-2-3-20-28-26(18-11-19-27-21-12-5-4-6-13-21)24-16-9-7-14-22(24)23-15-8-10-17-25(23)26/h4-10,12-17H,2-3,19-20H2,1H3. The fourth-order valence-corrected chi connectivity index (χ4v) is 3.69. The molecule has 0 heterocycles. The second-order valence-electron chi connectivity index (χ2n) is 6.88. The molecule has 0 saturated heterocycles. The Labute approximate surface area is 167 Å². The average molecular weight is 368 g/mol. The number of hydrogen-bond donors (Lipinski definition) is 0. The molecule has 0 saturated carbocycles. The Balaban J connectivity index is 1.70. The Morgan fingerprint density at radius 3 is 2.04 bits per heavy atom. The normalized spacial score (nSPS) is 13.2. The van der Waals surface area contributed by atoms with Gasteiger partial charge in [0, 0.05) is 17.7 Å². The van der Waals surface area contributed by atoms with Crippen LogP contribution in [0, 0.1) is 11.8 Å². The zero-order chi connectivity index (χ0) is 19.2. The fourth-order valence-electron chi connectivity index (χ4n) is 3.69. The van der Waals surface area contributed by atoms with Gasteiger partial charge in [0.15, 0.2) is 5.60 Å². The first-order chi connectivity index (χ1) is 13.8. The molecular weight excluding hydrogens is 344 g/mol. The highest BCUT2D eigenvalue weighted by atomic mass is 16.5. The van der Waals surface area contributed by atoms with Gasteiger partial charge in [0.1, 0.15) is 12.4 Å². The smallest absolute Gasteiger partial charge is 0.180 e. The summed E-state index contributed by atoms with van der Waals surface area (Å²) in [6, 6.07) is 26.6. The van der Waals surface area contributed by atoms with Crippen LogP contribution in [0.15, 0.2) is 78.9 Å². The van der Waals surface area contributed by atoms with E-state index in [1.807, 2.05) is 30.3 Å². The number of hydrogen-bond acceptors (Lipinski definition) is 2. The van der Waals surface area contributed by atoms with Gasteiger partial charge < -0.3 is 9.47 Å². The van der Waals surface area contributed by atoms with E-state index in [2.05, 4.69) is 67.3 Å². The number of para-hydroxylation sites is 1. The summed E-state index contributed by atoms with van der Waals surface area (Å²) in [6.07, 6.45) is 2.10. The maximum absolute atomic E-state index is 6.51. The molecule has 3 aromatic rings. The number of benzene rings is 3. The monoisotopic (exact) mass is 368 g/mol. The van der Waals surface area contributed by atoms with Gasteiger partial charge in [-0.1, -0.05) is 91.9 Å². The molecule has 1 aliphatic carbocycles. The highest BCUT2D eigenvalue weighted by Gasteiger charge is 2.42. The van der Waals surface area contributed by atoms with Crippen molar-refractivity contribution >= 4 is 0 Å². The maximum Gasteiger partial charge on any atom is 0.180 e. The maximum atomic E-state index is 6.51. The minimum Gasteiger partial charge on any atom is -0.481 e. The summed E-state index contributed by atoms with van der Waals surface area (Å²) in [5, 5.41) is 0. The van der Waals surface area contributed by atoms with Crippen molar-refractivity contribution < 1.29 is 9.47 Å². The van der Waals surface area contributed by atoms with Crippen LogP contribution in [0.1, 0.15) is 30.9 Å². The highest BCUT2D eigenvalue weighted by molar-refractivity contribution is 5.82.